The zero-order chi connectivity index (χ0) is 21.4. The molecule has 6 heteroatoms. The number of carbonyl (C=O) groups is 2. The summed E-state index contributed by atoms with van der Waals surface area (Å²) in [5.41, 5.74) is 1.61. The van der Waals surface area contributed by atoms with E-state index in [1.165, 1.54) is 0 Å². The Morgan fingerprint density at radius 1 is 0.966 bits per heavy atom. The summed E-state index contributed by atoms with van der Waals surface area (Å²) in [6, 6.07) is 12.8. The van der Waals surface area contributed by atoms with Gasteiger partial charge in [-0.3, -0.25) is 9.59 Å². The summed E-state index contributed by atoms with van der Waals surface area (Å²) >= 11 is 0. The number of hydrogen-bond acceptors (Lipinski definition) is 4. The van der Waals surface area contributed by atoms with Crippen LogP contribution in [0.15, 0.2) is 42.5 Å². The molecule has 0 atom stereocenters. The predicted molar refractivity (Wildman–Crippen MR) is 113 cm³/mol. The second kappa shape index (κ2) is 9.96. The molecule has 0 aliphatic rings. The fraction of sp³-hybridized carbons (Fsp3) is 0.391. The zero-order valence-electron chi connectivity index (χ0n) is 17.5. The number of carbonyl (C=O) groups excluding carboxylic acids is 1. The smallest absolute Gasteiger partial charge is 0.303 e. The summed E-state index contributed by atoms with van der Waals surface area (Å²) in [5.74, 6) is 0.301. The molecule has 0 spiro atoms. The van der Waals surface area contributed by atoms with E-state index >= 15 is 0 Å². The van der Waals surface area contributed by atoms with Crippen LogP contribution < -0.4 is 14.8 Å². The van der Waals surface area contributed by atoms with Crippen LogP contribution in [0, 0.1) is 0 Å². The van der Waals surface area contributed by atoms with Gasteiger partial charge >= 0.3 is 5.97 Å². The minimum Gasteiger partial charge on any atom is -0.490 e. The Balaban J connectivity index is 2.14. The van der Waals surface area contributed by atoms with Crippen LogP contribution in [0.1, 0.15) is 45.2 Å². The van der Waals surface area contributed by atoms with Crippen molar-refractivity contribution < 1.29 is 24.2 Å². The molecule has 0 aliphatic carbocycles. The summed E-state index contributed by atoms with van der Waals surface area (Å²) in [6.45, 7) is 8.56. The molecule has 0 heterocycles. The van der Waals surface area contributed by atoms with Crippen LogP contribution in [0.25, 0.3) is 0 Å². The van der Waals surface area contributed by atoms with Gasteiger partial charge in [-0.2, -0.15) is 0 Å². The van der Waals surface area contributed by atoms with Gasteiger partial charge < -0.3 is 19.9 Å². The van der Waals surface area contributed by atoms with E-state index in [2.05, 4.69) is 5.32 Å². The summed E-state index contributed by atoms with van der Waals surface area (Å²) in [4.78, 5) is 23.6. The molecular formula is C23H29NO5. The normalized spacial score (nSPS) is 11.0. The van der Waals surface area contributed by atoms with Gasteiger partial charge in [0.15, 0.2) is 11.5 Å². The molecule has 156 valence electrons. The number of aryl methyl sites for hydroxylation is 1. The minimum absolute atomic E-state index is 0.0820. The monoisotopic (exact) mass is 399 g/mol. The lowest BCUT2D eigenvalue weighted by molar-refractivity contribution is -0.137. The molecule has 0 saturated carbocycles. The van der Waals surface area contributed by atoms with Crippen molar-refractivity contribution in [1.82, 2.24) is 0 Å². The van der Waals surface area contributed by atoms with E-state index in [9.17, 15) is 9.59 Å². The fourth-order valence-electron chi connectivity index (χ4n) is 2.86. The molecule has 0 bridgehead atoms. The molecule has 0 aromatic heterocycles. The van der Waals surface area contributed by atoms with Gasteiger partial charge in [-0.05, 0) is 69.5 Å². The molecule has 0 radical (unpaired) electrons. The Bertz CT molecular complexity index is 843. The van der Waals surface area contributed by atoms with Gasteiger partial charge in [0.1, 0.15) is 0 Å². The van der Waals surface area contributed by atoms with Crippen molar-refractivity contribution in [1.29, 1.82) is 0 Å². The maximum Gasteiger partial charge on any atom is 0.303 e. The van der Waals surface area contributed by atoms with E-state index in [-0.39, 0.29) is 12.3 Å². The number of benzene rings is 2. The molecule has 2 rings (SSSR count). The number of rotatable bonds is 10. The van der Waals surface area contributed by atoms with Gasteiger partial charge in [-0.25, -0.2) is 0 Å². The third kappa shape index (κ3) is 5.98. The van der Waals surface area contributed by atoms with Crippen LogP contribution >= 0.6 is 0 Å². The lowest BCUT2D eigenvalue weighted by Gasteiger charge is -2.25. The Hall–Kier alpha value is -3.02. The summed E-state index contributed by atoms with van der Waals surface area (Å²) < 4.78 is 11.3. The maximum atomic E-state index is 13.0. The van der Waals surface area contributed by atoms with Crippen LogP contribution in [0.3, 0.4) is 0 Å². The first-order valence-corrected chi connectivity index (χ1v) is 9.80. The summed E-state index contributed by atoms with van der Waals surface area (Å²) in [7, 11) is 0. The van der Waals surface area contributed by atoms with Gasteiger partial charge in [-0.15, -0.1) is 0 Å². The summed E-state index contributed by atoms with van der Waals surface area (Å²) in [6.07, 6.45) is 0.542. The second-order valence-electron chi connectivity index (χ2n) is 7.20. The number of carboxylic acids is 1. The quantitative estimate of drug-likeness (QED) is 0.618. The topological polar surface area (TPSA) is 84.9 Å². The fourth-order valence-corrected chi connectivity index (χ4v) is 2.86. The van der Waals surface area contributed by atoms with E-state index in [0.29, 0.717) is 36.8 Å². The van der Waals surface area contributed by atoms with Crippen molar-refractivity contribution in [3.8, 4) is 11.5 Å². The molecule has 0 unspecified atom stereocenters. The summed E-state index contributed by atoms with van der Waals surface area (Å²) in [5, 5.41) is 11.7. The molecule has 1 amide bonds. The Morgan fingerprint density at radius 3 is 2.17 bits per heavy atom. The van der Waals surface area contributed by atoms with Crippen LogP contribution in [0.5, 0.6) is 11.5 Å². The molecule has 0 aliphatic heterocycles. The molecular weight excluding hydrogens is 370 g/mol. The lowest BCUT2D eigenvalue weighted by Crippen LogP contribution is -2.34. The van der Waals surface area contributed by atoms with Gasteiger partial charge in [0.05, 0.1) is 18.6 Å². The van der Waals surface area contributed by atoms with Gasteiger partial charge in [0.25, 0.3) is 0 Å². The largest absolute Gasteiger partial charge is 0.490 e. The van der Waals surface area contributed by atoms with E-state index in [1.807, 2.05) is 58.0 Å². The van der Waals surface area contributed by atoms with Crippen LogP contribution in [0.4, 0.5) is 5.69 Å². The maximum absolute atomic E-state index is 13.0. The predicted octanol–water partition coefficient (Wildman–Crippen LogP) is 4.42. The minimum atomic E-state index is -0.828. The number of carboxylic acid groups (broad SMARTS) is 1. The van der Waals surface area contributed by atoms with Crippen molar-refractivity contribution in [3.05, 3.63) is 53.6 Å². The average Bonchev–Trinajstić information content (AvgIpc) is 2.69. The highest BCUT2D eigenvalue weighted by molar-refractivity contribution is 5.98. The molecule has 2 aromatic rings. The molecule has 2 N–H and O–H groups in total. The Kier molecular flexibility index (Phi) is 7.65. The first kappa shape index (κ1) is 22.3. The second-order valence-corrected chi connectivity index (χ2v) is 7.20. The molecule has 0 fully saturated rings. The van der Waals surface area contributed by atoms with E-state index in [4.69, 9.17) is 14.6 Å². The molecule has 0 saturated heterocycles. The molecule has 2 aromatic carbocycles. The van der Waals surface area contributed by atoms with E-state index in [1.54, 1.807) is 12.1 Å². The third-order valence-electron chi connectivity index (χ3n) is 4.67. The van der Waals surface area contributed by atoms with Gasteiger partial charge in [-0.1, -0.05) is 18.2 Å². The Morgan fingerprint density at radius 2 is 1.59 bits per heavy atom. The van der Waals surface area contributed by atoms with Gasteiger partial charge in [0.2, 0.25) is 5.91 Å². The third-order valence-corrected chi connectivity index (χ3v) is 4.67. The van der Waals surface area contributed by atoms with Crippen molar-refractivity contribution in [2.24, 2.45) is 0 Å². The highest BCUT2D eigenvalue weighted by Gasteiger charge is 2.31. The van der Waals surface area contributed by atoms with E-state index in [0.717, 1.165) is 11.1 Å². The van der Waals surface area contributed by atoms with Crippen molar-refractivity contribution in [3.63, 3.8) is 0 Å². The SMILES string of the molecule is CCOc1ccc(C(C)(C)C(=O)Nc2ccc(CCC(=O)O)cc2)cc1OCC. The van der Waals surface area contributed by atoms with Gasteiger partial charge in [0, 0.05) is 12.1 Å². The Labute approximate surface area is 171 Å². The number of amides is 1. The average molecular weight is 399 g/mol. The first-order chi connectivity index (χ1) is 13.8. The van der Waals surface area contributed by atoms with Crippen LogP contribution in [-0.2, 0) is 21.4 Å². The lowest BCUT2D eigenvalue weighted by atomic mass is 9.83. The highest BCUT2D eigenvalue weighted by atomic mass is 16.5. The molecule has 29 heavy (non-hydrogen) atoms. The number of ether oxygens (including phenoxy) is 2. The number of nitrogens with one attached hydrogen (secondary N) is 1. The van der Waals surface area contributed by atoms with Crippen molar-refractivity contribution >= 4 is 17.6 Å². The highest BCUT2D eigenvalue weighted by Crippen LogP contribution is 2.34. The van der Waals surface area contributed by atoms with E-state index < -0.39 is 11.4 Å². The number of aliphatic carboxylic acids is 1. The number of hydrogen-bond donors (Lipinski definition) is 2. The van der Waals surface area contributed by atoms with Crippen molar-refractivity contribution in [2.45, 2.75) is 46.0 Å². The standard InChI is InChI=1S/C23H29NO5/c1-5-28-19-13-10-17(15-20(19)29-6-2)23(3,4)22(27)24-18-11-7-16(8-12-18)9-14-21(25)26/h7-8,10-13,15H,5-6,9,14H2,1-4H3,(H,24,27)(H,25,26). The van der Waals surface area contributed by atoms with Crippen LogP contribution in [-0.4, -0.2) is 30.2 Å². The number of anilines is 1. The van der Waals surface area contributed by atoms with Crippen LogP contribution in [0.2, 0.25) is 0 Å². The zero-order valence-corrected chi connectivity index (χ0v) is 17.5. The molecule has 6 nitrogen and oxygen atoms in total. The van der Waals surface area contributed by atoms with Crippen molar-refractivity contribution in [2.75, 3.05) is 18.5 Å². The first-order valence-electron chi connectivity index (χ1n) is 9.80.